The lowest BCUT2D eigenvalue weighted by Gasteiger charge is -2.16. The highest BCUT2D eigenvalue weighted by Gasteiger charge is 2.35. The maximum atomic E-state index is 12.8. The smallest absolute Gasteiger partial charge is 0.279 e. The maximum absolute atomic E-state index is 12.8. The Morgan fingerprint density at radius 3 is 2.66 bits per heavy atom. The Bertz CT molecular complexity index is 1150. The van der Waals surface area contributed by atoms with E-state index in [-0.39, 0.29) is 27.3 Å². The lowest BCUT2D eigenvalue weighted by molar-refractivity contribution is -0.112. The molecule has 0 atom stereocenters. The first kappa shape index (κ1) is 21.2. The first-order valence-electron chi connectivity index (χ1n) is 8.52. The summed E-state index contributed by atoms with van der Waals surface area (Å²) in [6.45, 7) is 4.20. The fraction of sp³-hybridized carbons (Fsp3) is 0.167. The van der Waals surface area contributed by atoms with Gasteiger partial charge in [-0.1, -0.05) is 23.7 Å². The van der Waals surface area contributed by atoms with Crippen LogP contribution in [0.15, 0.2) is 46.4 Å². The molecule has 1 amide bonds. The van der Waals surface area contributed by atoms with Gasteiger partial charge in [0, 0.05) is 17.1 Å². The van der Waals surface area contributed by atoms with Gasteiger partial charge in [0.05, 0.1) is 11.4 Å². The summed E-state index contributed by atoms with van der Waals surface area (Å²) in [6.07, 6.45) is 0. The van der Waals surface area contributed by atoms with Crippen molar-refractivity contribution >= 4 is 61.9 Å². The number of carbonyl (C=O) groups excluding carboxylic acids is 1. The van der Waals surface area contributed by atoms with E-state index in [4.69, 9.17) is 29.0 Å². The number of fused-ring (bicyclic) bond motifs is 1. The minimum Gasteiger partial charge on any atom is -0.330 e. The van der Waals surface area contributed by atoms with Crippen molar-refractivity contribution in [3.63, 3.8) is 0 Å². The predicted molar refractivity (Wildman–Crippen MR) is 118 cm³/mol. The number of hydrazone groups is 1. The van der Waals surface area contributed by atoms with Gasteiger partial charge >= 0.3 is 0 Å². The van der Waals surface area contributed by atoms with Crippen LogP contribution in [0.25, 0.3) is 0 Å². The Morgan fingerprint density at radius 2 is 2.00 bits per heavy atom. The van der Waals surface area contributed by atoms with E-state index in [9.17, 15) is 13.2 Å². The van der Waals surface area contributed by atoms with E-state index in [1.165, 1.54) is 12.1 Å². The SMILES string of the molecule is CCN1C(=O)C(=NNC(=S)Nc2ccccc2S(N)(=O)=O)c2cc(Cl)cc(C)c21. The molecule has 1 heterocycles. The molecule has 11 heteroatoms. The van der Waals surface area contributed by atoms with E-state index in [1.54, 1.807) is 29.2 Å². The first-order chi connectivity index (χ1) is 13.6. The number of carbonyl (C=O) groups is 1. The second-order valence-electron chi connectivity index (χ2n) is 6.24. The minimum absolute atomic E-state index is 0.00310. The molecule has 1 aliphatic rings. The second kappa shape index (κ2) is 8.07. The van der Waals surface area contributed by atoms with E-state index in [1.807, 2.05) is 13.8 Å². The third-order valence-electron chi connectivity index (χ3n) is 4.27. The van der Waals surface area contributed by atoms with Crippen molar-refractivity contribution in [3.05, 3.63) is 52.5 Å². The van der Waals surface area contributed by atoms with E-state index < -0.39 is 10.0 Å². The third kappa shape index (κ3) is 4.25. The fourth-order valence-corrected chi connectivity index (χ4v) is 4.23. The molecule has 0 saturated heterocycles. The number of sulfonamides is 1. The van der Waals surface area contributed by atoms with E-state index >= 15 is 0 Å². The monoisotopic (exact) mass is 451 g/mol. The van der Waals surface area contributed by atoms with Gasteiger partial charge < -0.3 is 10.2 Å². The van der Waals surface area contributed by atoms with Gasteiger partial charge in [-0.15, -0.1) is 0 Å². The Labute approximate surface area is 178 Å². The molecule has 2 aromatic rings. The summed E-state index contributed by atoms with van der Waals surface area (Å²) in [4.78, 5) is 14.3. The number of likely N-dealkylation sites (N-methyl/N-ethyl adjacent to an activating group) is 1. The number of thiocarbonyl (C=S) groups is 1. The standard InChI is InChI=1S/C18H18ClN5O3S2/c1-3-24-16-10(2)8-11(19)9-12(16)15(17(24)25)22-23-18(28)21-13-6-4-5-7-14(13)29(20,26)27/h4-9H,3H2,1-2H3,(H2,20,26,27)(H2,21,23,28). The summed E-state index contributed by atoms with van der Waals surface area (Å²) in [5.74, 6) is -0.284. The summed E-state index contributed by atoms with van der Waals surface area (Å²) >= 11 is 11.3. The Hall–Kier alpha value is -2.53. The highest BCUT2D eigenvalue weighted by molar-refractivity contribution is 7.89. The predicted octanol–water partition coefficient (Wildman–Crippen LogP) is 2.35. The zero-order chi connectivity index (χ0) is 21.3. The molecule has 152 valence electrons. The zero-order valence-electron chi connectivity index (χ0n) is 15.6. The van der Waals surface area contributed by atoms with Crippen molar-refractivity contribution in [1.82, 2.24) is 5.43 Å². The van der Waals surface area contributed by atoms with Crippen LogP contribution in [0.4, 0.5) is 11.4 Å². The van der Waals surface area contributed by atoms with Crippen molar-refractivity contribution in [3.8, 4) is 0 Å². The first-order valence-corrected chi connectivity index (χ1v) is 10.9. The van der Waals surface area contributed by atoms with Gasteiger partial charge in [0.25, 0.3) is 5.91 Å². The van der Waals surface area contributed by atoms with Crippen LogP contribution in [0, 0.1) is 6.92 Å². The molecule has 4 N–H and O–H groups in total. The molecule has 0 spiro atoms. The molecule has 0 saturated carbocycles. The Kier molecular flexibility index (Phi) is 5.90. The van der Waals surface area contributed by atoms with Crippen molar-refractivity contribution in [2.75, 3.05) is 16.8 Å². The number of nitrogens with one attached hydrogen (secondary N) is 2. The fourth-order valence-electron chi connectivity index (χ4n) is 3.10. The Balaban J connectivity index is 1.88. The van der Waals surface area contributed by atoms with Crippen LogP contribution < -0.4 is 20.8 Å². The van der Waals surface area contributed by atoms with Gasteiger partial charge in [0.15, 0.2) is 10.8 Å². The number of aryl methyl sites for hydroxylation is 1. The molecule has 29 heavy (non-hydrogen) atoms. The molecule has 1 aliphatic heterocycles. The summed E-state index contributed by atoms with van der Waals surface area (Å²) in [5, 5.41) is 12.6. The minimum atomic E-state index is -3.94. The lowest BCUT2D eigenvalue weighted by atomic mass is 10.1. The van der Waals surface area contributed by atoms with Crippen LogP contribution >= 0.6 is 23.8 Å². The van der Waals surface area contributed by atoms with Crippen LogP contribution in [0.3, 0.4) is 0 Å². The number of hydrogen-bond acceptors (Lipinski definition) is 5. The van der Waals surface area contributed by atoms with E-state index in [0.29, 0.717) is 17.1 Å². The van der Waals surface area contributed by atoms with E-state index in [2.05, 4.69) is 15.8 Å². The molecule has 3 rings (SSSR count). The van der Waals surface area contributed by atoms with Gasteiger partial charge in [-0.2, -0.15) is 5.10 Å². The molecule has 8 nitrogen and oxygen atoms in total. The summed E-state index contributed by atoms with van der Waals surface area (Å²) < 4.78 is 23.4. The number of rotatable bonds is 4. The van der Waals surface area contributed by atoms with Crippen LogP contribution in [0.1, 0.15) is 18.1 Å². The Morgan fingerprint density at radius 1 is 1.31 bits per heavy atom. The van der Waals surface area contributed by atoms with Crippen molar-refractivity contribution < 1.29 is 13.2 Å². The molecule has 2 aromatic carbocycles. The second-order valence-corrected chi connectivity index (χ2v) is 8.61. The number of anilines is 2. The van der Waals surface area contributed by atoms with Crippen molar-refractivity contribution in [2.24, 2.45) is 10.2 Å². The lowest BCUT2D eigenvalue weighted by Crippen LogP contribution is -2.32. The number of hydrogen-bond donors (Lipinski definition) is 3. The molecule has 0 bridgehead atoms. The highest BCUT2D eigenvalue weighted by Crippen LogP contribution is 2.35. The van der Waals surface area contributed by atoms with E-state index in [0.717, 1.165) is 11.3 Å². The number of benzene rings is 2. The van der Waals surface area contributed by atoms with Gasteiger partial charge in [0.1, 0.15) is 4.90 Å². The number of primary sulfonamides is 1. The van der Waals surface area contributed by atoms with Gasteiger partial charge in [-0.05, 0) is 55.9 Å². The molecule has 0 fully saturated rings. The molecule has 0 aliphatic carbocycles. The van der Waals surface area contributed by atoms with Crippen LogP contribution in [-0.4, -0.2) is 31.7 Å². The molecular formula is C18H18ClN5O3S2. The normalized spacial score (nSPS) is 14.8. The van der Waals surface area contributed by atoms with Crippen LogP contribution in [0.5, 0.6) is 0 Å². The average molecular weight is 452 g/mol. The molecule has 0 unspecified atom stereocenters. The van der Waals surface area contributed by atoms with Gasteiger partial charge in [-0.3, -0.25) is 10.2 Å². The molecular weight excluding hydrogens is 434 g/mol. The van der Waals surface area contributed by atoms with Gasteiger partial charge in [-0.25, -0.2) is 13.6 Å². The summed E-state index contributed by atoms with van der Waals surface area (Å²) in [7, 11) is -3.94. The average Bonchev–Trinajstić information content (AvgIpc) is 2.90. The van der Waals surface area contributed by atoms with Gasteiger partial charge in [0.2, 0.25) is 10.0 Å². The van der Waals surface area contributed by atoms with Crippen LogP contribution in [0.2, 0.25) is 5.02 Å². The number of para-hydroxylation sites is 1. The number of halogens is 1. The third-order valence-corrected chi connectivity index (χ3v) is 5.65. The number of amides is 1. The highest BCUT2D eigenvalue weighted by atomic mass is 35.5. The zero-order valence-corrected chi connectivity index (χ0v) is 18.0. The quantitative estimate of drug-likeness (QED) is 0.485. The maximum Gasteiger partial charge on any atom is 0.279 e. The van der Waals surface area contributed by atoms with Crippen LogP contribution in [-0.2, 0) is 14.8 Å². The summed E-state index contributed by atoms with van der Waals surface area (Å²) in [6, 6.07) is 9.49. The molecule has 0 radical (unpaired) electrons. The largest absolute Gasteiger partial charge is 0.330 e. The van der Waals surface area contributed by atoms with Crippen molar-refractivity contribution in [2.45, 2.75) is 18.7 Å². The summed E-state index contributed by atoms with van der Waals surface area (Å²) in [5.41, 5.74) is 5.15. The number of nitrogens with zero attached hydrogens (tertiary/aromatic N) is 2. The number of nitrogens with two attached hydrogens (primary N) is 1. The topological polar surface area (TPSA) is 117 Å². The van der Waals surface area contributed by atoms with Crippen molar-refractivity contribution in [1.29, 1.82) is 0 Å². The molecule has 0 aromatic heterocycles.